The van der Waals surface area contributed by atoms with Crippen LogP contribution in [-0.4, -0.2) is 321 Å². The number of hydrogen-bond acceptors (Lipinski definition) is 30. The number of carbonyl (C=O) groups is 2. The fourth-order valence-electron chi connectivity index (χ4n) is 8.75. The molecule has 2 amide bonds. The Morgan fingerprint density at radius 1 is 0.472 bits per heavy atom. The van der Waals surface area contributed by atoms with Gasteiger partial charge in [-0.05, 0) is 6.92 Å². The van der Waals surface area contributed by atoms with E-state index in [1.54, 1.807) is 0 Å². The molecule has 32 heteroatoms. The summed E-state index contributed by atoms with van der Waals surface area (Å²) < 4.78 is 58.4. The Morgan fingerprint density at radius 3 is 1.50 bits per heavy atom. The van der Waals surface area contributed by atoms with Crippen LogP contribution in [0.3, 0.4) is 0 Å². The van der Waals surface area contributed by atoms with Gasteiger partial charge in [0.25, 0.3) is 0 Å². The molecule has 20 N–H and O–H groups in total. The summed E-state index contributed by atoms with van der Waals surface area (Å²) in [5.41, 5.74) is 0. The number of hydrogen-bond donors (Lipinski definition) is 20. The second kappa shape index (κ2) is 26.7. The standard InChI is InChI=1S/C40H70N2O30/c1-10-21(52)27(58)29(60)38(64-10)71-34-20(42-12(3)49)37(67-17(8-47)33(34)70-39-30(61)28(59)24(55)16(7-46)66-39)72-35-25(56)18(9-63-36-19(41-11(2)48)26(57)23(54)15(6-45)65-36)68-40(31(35)62)69-32(14(51)5-44)22(53)13(50)4-43/h10,13-40,43-47,50-62H,4-9H2,1-3H3,(H,41,48)(H,42,49)/t10-,13-,14+,15+,16+,17+,18+,19+,20+,21+,22+,23+,24-,25-,26+,27+,28-,29-,30+,31+,32+,33+,34+,35-,36+,37-,38-,39-,40-/m0/s1. The highest BCUT2D eigenvalue weighted by atomic mass is 16.8. The van der Waals surface area contributed by atoms with E-state index >= 15 is 0 Å². The van der Waals surface area contributed by atoms with E-state index in [-0.39, 0.29) is 0 Å². The first-order valence-electron chi connectivity index (χ1n) is 22.9. The summed E-state index contributed by atoms with van der Waals surface area (Å²) in [6, 6.07) is -3.43. The molecule has 0 spiro atoms. The maximum atomic E-state index is 13.0. The van der Waals surface area contributed by atoms with Crippen LogP contribution in [0.1, 0.15) is 20.8 Å². The van der Waals surface area contributed by atoms with Crippen molar-refractivity contribution in [2.45, 2.75) is 199 Å². The highest BCUT2D eigenvalue weighted by molar-refractivity contribution is 5.73. The second-order valence-electron chi connectivity index (χ2n) is 18.0. The van der Waals surface area contributed by atoms with Crippen molar-refractivity contribution in [1.82, 2.24) is 10.6 Å². The van der Waals surface area contributed by atoms with Crippen LogP contribution >= 0.6 is 0 Å². The number of aliphatic hydroxyl groups is 18. The molecule has 5 rings (SSSR count). The van der Waals surface area contributed by atoms with E-state index in [2.05, 4.69) is 10.6 Å². The van der Waals surface area contributed by atoms with Gasteiger partial charge >= 0.3 is 0 Å². The van der Waals surface area contributed by atoms with Gasteiger partial charge in [0.05, 0.1) is 45.7 Å². The molecule has 5 saturated heterocycles. The zero-order chi connectivity index (χ0) is 53.6. The average Bonchev–Trinajstić information content (AvgIpc) is 3.35. The molecule has 0 aromatic rings. The van der Waals surface area contributed by atoms with E-state index in [0.717, 1.165) is 13.8 Å². The number of aliphatic hydroxyl groups excluding tert-OH is 18. The number of ether oxygens (including phenoxy) is 10. The Bertz CT molecular complexity index is 1680. The van der Waals surface area contributed by atoms with Crippen molar-refractivity contribution in [3.63, 3.8) is 0 Å². The van der Waals surface area contributed by atoms with E-state index in [1.165, 1.54) is 6.92 Å². The molecule has 0 saturated carbocycles. The van der Waals surface area contributed by atoms with E-state index in [1.807, 2.05) is 0 Å². The summed E-state index contributed by atoms with van der Waals surface area (Å²) in [5, 5.41) is 196. The van der Waals surface area contributed by atoms with Gasteiger partial charge in [-0.1, -0.05) is 0 Å². The van der Waals surface area contributed by atoms with Crippen LogP contribution in [0.2, 0.25) is 0 Å². The summed E-state index contributed by atoms with van der Waals surface area (Å²) in [7, 11) is 0. The van der Waals surface area contributed by atoms with Crippen LogP contribution < -0.4 is 10.6 Å². The highest BCUT2D eigenvalue weighted by Gasteiger charge is 2.58. The van der Waals surface area contributed by atoms with Crippen molar-refractivity contribution in [3.8, 4) is 0 Å². The van der Waals surface area contributed by atoms with Gasteiger partial charge in [-0.25, -0.2) is 0 Å². The molecule has 420 valence electrons. The lowest BCUT2D eigenvalue weighted by molar-refractivity contribution is -0.389. The van der Waals surface area contributed by atoms with Crippen molar-refractivity contribution >= 4 is 11.8 Å². The number of rotatable bonds is 21. The minimum Gasteiger partial charge on any atom is -0.394 e. The highest BCUT2D eigenvalue weighted by Crippen LogP contribution is 2.37. The van der Waals surface area contributed by atoms with Crippen molar-refractivity contribution in [3.05, 3.63) is 0 Å². The van der Waals surface area contributed by atoms with Crippen LogP contribution in [-0.2, 0) is 57.0 Å². The second-order valence-corrected chi connectivity index (χ2v) is 18.0. The van der Waals surface area contributed by atoms with Gasteiger partial charge < -0.3 is 150 Å². The molecule has 0 aromatic carbocycles. The van der Waals surface area contributed by atoms with Crippen molar-refractivity contribution in [1.29, 1.82) is 0 Å². The Kier molecular flexibility index (Phi) is 22.5. The largest absolute Gasteiger partial charge is 0.394 e. The summed E-state index contributed by atoms with van der Waals surface area (Å²) in [4.78, 5) is 25.2. The molecule has 0 unspecified atom stereocenters. The zero-order valence-corrected chi connectivity index (χ0v) is 38.9. The minimum atomic E-state index is -2.35. The molecule has 32 nitrogen and oxygen atoms in total. The topological polar surface area (TPSA) is 515 Å². The van der Waals surface area contributed by atoms with Crippen LogP contribution in [0.4, 0.5) is 0 Å². The first-order chi connectivity index (χ1) is 33.9. The maximum Gasteiger partial charge on any atom is 0.217 e. The van der Waals surface area contributed by atoms with Gasteiger partial charge in [0.1, 0.15) is 140 Å². The summed E-state index contributed by atoms with van der Waals surface area (Å²) in [6.07, 6.45) is -52.5. The molecule has 0 aromatic heterocycles. The van der Waals surface area contributed by atoms with E-state index in [9.17, 15) is 102 Å². The molecular formula is C40H70N2O30. The Balaban J connectivity index is 1.57. The fraction of sp³-hybridized carbons (Fsp3) is 0.950. The third-order valence-corrected chi connectivity index (χ3v) is 12.8. The van der Waals surface area contributed by atoms with E-state index in [4.69, 9.17) is 47.4 Å². The lowest BCUT2D eigenvalue weighted by Crippen LogP contribution is -2.71. The molecular weight excluding hydrogens is 988 g/mol. The monoisotopic (exact) mass is 1060 g/mol. The third kappa shape index (κ3) is 13.7. The third-order valence-electron chi connectivity index (χ3n) is 12.8. The Morgan fingerprint density at radius 2 is 0.944 bits per heavy atom. The molecule has 29 atom stereocenters. The molecule has 0 aliphatic carbocycles. The van der Waals surface area contributed by atoms with E-state index in [0.29, 0.717) is 0 Å². The van der Waals surface area contributed by atoms with Gasteiger partial charge in [0, 0.05) is 13.8 Å². The molecule has 0 bridgehead atoms. The first-order valence-corrected chi connectivity index (χ1v) is 22.9. The summed E-state index contributed by atoms with van der Waals surface area (Å²) in [6.45, 7) is -2.82. The summed E-state index contributed by atoms with van der Waals surface area (Å²) in [5.74, 6) is -1.67. The summed E-state index contributed by atoms with van der Waals surface area (Å²) >= 11 is 0. The molecule has 5 aliphatic rings. The van der Waals surface area contributed by atoms with Crippen LogP contribution in [0, 0.1) is 0 Å². The van der Waals surface area contributed by atoms with Gasteiger partial charge in [-0.15, -0.1) is 0 Å². The first kappa shape index (κ1) is 60.7. The predicted molar refractivity (Wildman–Crippen MR) is 223 cm³/mol. The molecule has 5 fully saturated rings. The van der Waals surface area contributed by atoms with Gasteiger partial charge in [-0.2, -0.15) is 0 Å². The van der Waals surface area contributed by atoms with Gasteiger partial charge in [0.2, 0.25) is 11.8 Å². The van der Waals surface area contributed by atoms with Crippen molar-refractivity contribution in [2.24, 2.45) is 0 Å². The molecule has 5 heterocycles. The SMILES string of the molecule is CC(=O)N[C@H]1[C@H](OC[C@H]2O[C@@H](O[C@@H]([C@H](O)[C@@H](O)CO)[C@H](O)CO)[C@H](O)[C@@H](O[C@@H]3O[C@H](CO)[C@@H](O[C@@H]4O[C@H](CO)[C@H](O)[C@H](O)[C@H]4O)[C@H](O[C@@H]4O[C@@H](C)[C@@H](O)[C@@H](O)[C@@H]4O)[C@H]3NC(C)=O)[C@H]2O)O[C@H](CO)[C@@H](O)[C@@H]1O. The Hall–Kier alpha value is -2.18. The molecule has 0 radical (unpaired) electrons. The molecule has 72 heavy (non-hydrogen) atoms. The minimum absolute atomic E-state index is 0.750. The van der Waals surface area contributed by atoms with Gasteiger partial charge in [-0.3, -0.25) is 9.59 Å². The molecule has 5 aliphatic heterocycles. The van der Waals surface area contributed by atoms with Crippen molar-refractivity contribution in [2.75, 3.05) is 39.6 Å². The normalized spacial score (nSPS) is 45.7. The quantitative estimate of drug-likeness (QED) is 0.0507. The lowest BCUT2D eigenvalue weighted by Gasteiger charge is -2.51. The van der Waals surface area contributed by atoms with Crippen LogP contribution in [0.5, 0.6) is 0 Å². The van der Waals surface area contributed by atoms with E-state index < -0.39 is 229 Å². The average molecular weight is 1060 g/mol. The lowest BCUT2D eigenvalue weighted by atomic mass is 9.93. The smallest absolute Gasteiger partial charge is 0.217 e. The zero-order valence-electron chi connectivity index (χ0n) is 38.9. The maximum absolute atomic E-state index is 13.0. The van der Waals surface area contributed by atoms with Crippen molar-refractivity contribution < 1.29 is 149 Å². The predicted octanol–water partition coefficient (Wildman–Crippen LogP) is -13.1. The number of nitrogens with one attached hydrogen (secondary N) is 2. The van der Waals surface area contributed by atoms with Gasteiger partial charge in [0.15, 0.2) is 31.5 Å². The van der Waals surface area contributed by atoms with Crippen LogP contribution in [0.25, 0.3) is 0 Å². The Labute approximate surface area is 409 Å². The van der Waals surface area contributed by atoms with Crippen LogP contribution in [0.15, 0.2) is 0 Å². The number of carbonyl (C=O) groups excluding carboxylic acids is 2. The fourth-order valence-corrected chi connectivity index (χ4v) is 8.75. The number of amides is 2.